The van der Waals surface area contributed by atoms with E-state index in [9.17, 15) is 4.79 Å². The van der Waals surface area contributed by atoms with Crippen LogP contribution in [0.2, 0.25) is 0 Å². The van der Waals surface area contributed by atoms with E-state index in [-0.39, 0.29) is 5.91 Å². The summed E-state index contributed by atoms with van der Waals surface area (Å²) in [5, 5.41) is 0. The van der Waals surface area contributed by atoms with Crippen molar-refractivity contribution in [2.24, 2.45) is 5.73 Å². The normalized spacial score (nSPS) is 8.71. The monoisotopic (exact) mass is 100 g/mol. The van der Waals surface area contributed by atoms with E-state index in [1.54, 1.807) is 0 Å². The first-order chi connectivity index (χ1) is 3.27. The summed E-state index contributed by atoms with van der Waals surface area (Å²) in [4.78, 5) is 9.95. The Morgan fingerprint density at radius 3 is 2.57 bits per heavy atom. The second kappa shape index (κ2) is 3.65. The molecule has 1 amide bonds. The first kappa shape index (κ1) is 6.47. The van der Waals surface area contributed by atoms with Gasteiger partial charge in [-0.1, -0.05) is 13.3 Å². The minimum absolute atomic E-state index is 0.248. The van der Waals surface area contributed by atoms with E-state index in [1.165, 1.54) is 0 Å². The van der Waals surface area contributed by atoms with Gasteiger partial charge in [0.1, 0.15) is 0 Å². The molecular formula is C5H10NO. The van der Waals surface area contributed by atoms with Gasteiger partial charge in [0.2, 0.25) is 5.91 Å². The Hall–Kier alpha value is -0.530. The predicted octanol–water partition coefficient (Wildman–Crippen LogP) is 0.476. The molecule has 0 aromatic carbocycles. The Bertz CT molecular complexity index is 61.1. The van der Waals surface area contributed by atoms with E-state index in [2.05, 4.69) is 0 Å². The Morgan fingerprint density at radius 2 is 2.43 bits per heavy atom. The van der Waals surface area contributed by atoms with E-state index >= 15 is 0 Å². The Balaban J connectivity index is 2.82. The maximum atomic E-state index is 9.95. The van der Waals surface area contributed by atoms with Crippen LogP contribution < -0.4 is 5.73 Å². The van der Waals surface area contributed by atoms with Gasteiger partial charge in [-0.2, -0.15) is 0 Å². The molecule has 0 aromatic rings. The zero-order valence-electron chi connectivity index (χ0n) is 4.48. The van der Waals surface area contributed by atoms with Crippen molar-refractivity contribution in [3.63, 3.8) is 0 Å². The first-order valence-electron chi connectivity index (χ1n) is 2.37. The summed E-state index contributed by atoms with van der Waals surface area (Å²) in [7, 11) is 0. The molecule has 0 atom stereocenters. The summed E-state index contributed by atoms with van der Waals surface area (Å²) >= 11 is 0. The van der Waals surface area contributed by atoms with Gasteiger partial charge in [-0.25, -0.2) is 0 Å². The maximum Gasteiger partial charge on any atom is 0.217 e. The van der Waals surface area contributed by atoms with Crippen LogP contribution in [0.4, 0.5) is 0 Å². The first-order valence-corrected chi connectivity index (χ1v) is 2.37. The predicted molar refractivity (Wildman–Crippen MR) is 28.4 cm³/mol. The molecule has 1 radical (unpaired) electrons. The molecule has 0 spiro atoms. The number of hydrogen-bond donors (Lipinski definition) is 1. The van der Waals surface area contributed by atoms with E-state index in [0.29, 0.717) is 6.42 Å². The second-order valence-corrected chi connectivity index (χ2v) is 1.37. The number of carbonyl (C=O) groups excluding carboxylic acids is 1. The van der Waals surface area contributed by atoms with Crippen LogP contribution in [0.15, 0.2) is 0 Å². The molecule has 0 aliphatic heterocycles. The molecule has 0 aromatic heterocycles. The summed E-state index contributed by atoms with van der Waals surface area (Å²) in [5.41, 5.74) is 4.81. The quantitative estimate of drug-likeness (QED) is 0.550. The zero-order valence-corrected chi connectivity index (χ0v) is 4.48. The molecule has 0 bridgehead atoms. The highest BCUT2D eigenvalue weighted by molar-refractivity contribution is 5.74. The van der Waals surface area contributed by atoms with Crippen LogP contribution in [0.3, 0.4) is 0 Å². The van der Waals surface area contributed by atoms with Crippen LogP contribution in [0.1, 0.15) is 19.8 Å². The van der Waals surface area contributed by atoms with Crippen molar-refractivity contribution in [1.82, 2.24) is 0 Å². The van der Waals surface area contributed by atoms with Crippen LogP contribution in [0, 0.1) is 6.42 Å². The standard InChI is InChI=1S/C5H10NO/c1-2-3-4-5(6)7/h3H,2,4H2,1H3,(H2,6,7). The lowest BCUT2D eigenvalue weighted by Gasteiger charge is -1.86. The minimum Gasteiger partial charge on any atom is -0.370 e. The molecular weight excluding hydrogens is 90.1 g/mol. The third-order valence-electron chi connectivity index (χ3n) is 0.634. The van der Waals surface area contributed by atoms with Crippen LogP contribution >= 0.6 is 0 Å². The smallest absolute Gasteiger partial charge is 0.217 e. The van der Waals surface area contributed by atoms with E-state index < -0.39 is 0 Å². The van der Waals surface area contributed by atoms with Crippen molar-refractivity contribution in [2.75, 3.05) is 0 Å². The van der Waals surface area contributed by atoms with Crippen LogP contribution in [-0.2, 0) is 4.79 Å². The summed E-state index contributed by atoms with van der Waals surface area (Å²) in [5.74, 6) is -0.248. The molecule has 0 saturated carbocycles. The summed E-state index contributed by atoms with van der Waals surface area (Å²) in [6.45, 7) is 1.98. The summed E-state index contributed by atoms with van der Waals surface area (Å²) in [6.07, 6.45) is 3.18. The molecule has 0 heterocycles. The van der Waals surface area contributed by atoms with Crippen LogP contribution in [0.25, 0.3) is 0 Å². The fourth-order valence-corrected chi connectivity index (χ4v) is 0.287. The number of amides is 1. The van der Waals surface area contributed by atoms with Gasteiger partial charge < -0.3 is 5.73 Å². The number of carbonyl (C=O) groups is 1. The van der Waals surface area contributed by atoms with Crippen molar-refractivity contribution in [1.29, 1.82) is 0 Å². The third kappa shape index (κ3) is 5.47. The number of hydrogen-bond acceptors (Lipinski definition) is 1. The fraction of sp³-hybridized carbons (Fsp3) is 0.600. The van der Waals surface area contributed by atoms with Crippen molar-refractivity contribution in [2.45, 2.75) is 19.8 Å². The van der Waals surface area contributed by atoms with Crippen molar-refractivity contribution < 1.29 is 4.79 Å². The lowest BCUT2D eigenvalue weighted by atomic mass is 10.2. The topological polar surface area (TPSA) is 43.1 Å². The summed E-state index contributed by atoms with van der Waals surface area (Å²) in [6, 6.07) is 0. The lowest BCUT2D eigenvalue weighted by molar-refractivity contribution is -0.117. The van der Waals surface area contributed by atoms with E-state index in [1.807, 2.05) is 13.3 Å². The average Bonchev–Trinajstić information content (AvgIpc) is 1.61. The molecule has 0 aliphatic rings. The van der Waals surface area contributed by atoms with Crippen LogP contribution in [-0.4, -0.2) is 5.91 Å². The molecule has 0 unspecified atom stereocenters. The molecule has 0 saturated heterocycles. The number of primary amides is 1. The second-order valence-electron chi connectivity index (χ2n) is 1.37. The Morgan fingerprint density at radius 1 is 1.86 bits per heavy atom. The SMILES string of the molecule is CC[CH]CC(N)=O. The van der Waals surface area contributed by atoms with Crippen LogP contribution in [0.5, 0.6) is 0 Å². The fourth-order valence-electron chi connectivity index (χ4n) is 0.287. The van der Waals surface area contributed by atoms with Crippen molar-refractivity contribution >= 4 is 5.91 Å². The largest absolute Gasteiger partial charge is 0.370 e. The summed E-state index contributed by atoms with van der Waals surface area (Å²) < 4.78 is 0. The highest BCUT2D eigenvalue weighted by Crippen LogP contribution is 1.87. The molecule has 0 fully saturated rings. The average molecular weight is 100 g/mol. The molecule has 2 N–H and O–H groups in total. The molecule has 2 nitrogen and oxygen atoms in total. The van der Waals surface area contributed by atoms with Gasteiger partial charge in [-0.05, 0) is 6.42 Å². The molecule has 0 rings (SSSR count). The van der Waals surface area contributed by atoms with Gasteiger partial charge in [0, 0.05) is 6.42 Å². The Labute approximate surface area is 43.7 Å². The Kier molecular flexibility index (Phi) is 3.38. The van der Waals surface area contributed by atoms with Gasteiger partial charge in [-0.3, -0.25) is 4.79 Å². The van der Waals surface area contributed by atoms with Crippen molar-refractivity contribution in [3.8, 4) is 0 Å². The molecule has 41 valence electrons. The van der Waals surface area contributed by atoms with Gasteiger partial charge in [0.05, 0.1) is 0 Å². The molecule has 0 aliphatic carbocycles. The van der Waals surface area contributed by atoms with E-state index in [4.69, 9.17) is 5.73 Å². The van der Waals surface area contributed by atoms with Gasteiger partial charge >= 0.3 is 0 Å². The highest BCUT2D eigenvalue weighted by Gasteiger charge is 1.88. The molecule has 2 heteroatoms. The number of unbranched alkanes of at least 4 members (excludes halogenated alkanes) is 1. The maximum absolute atomic E-state index is 9.95. The number of nitrogens with two attached hydrogens (primary N) is 1. The van der Waals surface area contributed by atoms with Gasteiger partial charge in [0.25, 0.3) is 0 Å². The lowest BCUT2D eigenvalue weighted by Crippen LogP contribution is -2.09. The van der Waals surface area contributed by atoms with Gasteiger partial charge in [0.15, 0.2) is 0 Å². The minimum atomic E-state index is -0.248. The van der Waals surface area contributed by atoms with Crippen molar-refractivity contribution in [3.05, 3.63) is 6.42 Å². The third-order valence-corrected chi connectivity index (χ3v) is 0.634. The number of rotatable bonds is 3. The van der Waals surface area contributed by atoms with E-state index in [0.717, 1.165) is 6.42 Å². The van der Waals surface area contributed by atoms with Gasteiger partial charge in [-0.15, -0.1) is 0 Å². The highest BCUT2D eigenvalue weighted by atomic mass is 16.1. The zero-order chi connectivity index (χ0) is 5.70. The molecule has 7 heavy (non-hydrogen) atoms.